The fourth-order valence-electron chi connectivity index (χ4n) is 3.83. The van der Waals surface area contributed by atoms with Crippen LogP contribution in [-0.4, -0.2) is 73.5 Å². The van der Waals surface area contributed by atoms with Gasteiger partial charge in [-0.2, -0.15) is 0 Å². The van der Waals surface area contributed by atoms with Crippen LogP contribution in [0.2, 0.25) is 0 Å². The van der Waals surface area contributed by atoms with Crippen LogP contribution in [0.25, 0.3) is 0 Å². The number of piperazine rings is 1. The van der Waals surface area contributed by atoms with E-state index in [1.165, 1.54) is 21.3 Å². The highest BCUT2D eigenvalue weighted by Crippen LogP contribution is 2.38. The third kappa shape index (κ3) is 4.95. The van der Waals surface area contributed by atoms with Gasteiger partial charge < -0.3 is 29.3 Å². The molecular formula is C24H28N6O4. The molecule has 0 saturated carbocycles. The number of amides is 1. The topological polar surface area (TPSA) is 102 Å². The molecule has 1 aromatic carbocycles. The number of anilines is 3. The van der Waals surface area contributed by atoms with Gasteiger partial charge in [-0.05, 0) is 43.3 Å². The van der Waals surface area contributed by atoms with E-state index in [0.717, 1.165) is 17.3 Å². The van der Waals surface area contributed by atoms with E-state index in [9.17, 15) is 4.79 Å². The van der Waals surface area contributed by atoms with E-state index >= 15 is 0 Å². The molecule has 10 heteroatoms. The number of pyridine rings is 1. The molecule has 34 heavy (non-hydrogen) atoms. The summed E-state index contributed by atoms with van der Waals surface area (Å²) in [4.78, 5) is 21.5. The zero-order valence-corrected chi connectivity index (χ0v) is 19.7. The van der Waals surface area contributed by atoms with Crippen molar-refractivity contribution in [2.45, 2.75) is 6.92 Å². The van der Waals surface area contributed by atoms with Gasteiger partial charge in [0.2, 0.25) is 5.75 Å². The summed E-state index contributed by atoms with van der Waals surface area (Å²) in [5.74, 6) is 3.39. The number of benzene rings is 1. The Morgan fingerprint density at radius 3 is 2.15 bits per heavy atom. The average Bonchev–Trinajstić information content (AvgIpc) is 2.88. The highest BCUT2D eigenvalue weighted by Gasteiger charge is 2.25. The van der Waals surface area contributed by atoms with E-state index < -0.39 is 0 Å². The second kappa shape index (κ2) is 10.2. The molecule has 1 saturated heterocycles. The van der Waals surface area contributed by atoms with Crippen molar-refractivity contribution in [2.24, 2.45) is 0 Å². The van der Waals surface area contributed by atoms with E-state index in [0.29, 0.717) is 54.8 Å². The number of hydrogen-bond donors (Lipinski definition) is 1. The molecule has 178 valence electrons. The van der Waals surface area contributed by atoms with E-state index in [1.807, 2.05) is 42.2 Å². The van der Waals surface area contributed by atoms with Gasteiger partial charge in [0.1, 0.15) is 5.82 Å². The molecule has 1 fully saturated rings. The molecule has 1 aliphatic rings. The Balaban J connectivity index is 1.39. The molecule has 0 unspecified atom stereocenters. The zero-order valence-electron chi connectivity index (χ0n) is 19.7. The van der Waals surface area contributed by atoms with Crippen molar-refractivity contribution in [3.05, 3.63) is 53.7 Å². The quantitative estimate of drug-likeness (QED) is 0.565. The van der Waals surface area contributed by atoms with Crippen molar-refractivity contribution < 1.29 is 19.0 Å². The summed E-state index contributed by atoms with van der Waals surface area (Å²) >= 11 is 0. The predicted molar refractivity (Wildman–Crippen MR) is 129 cm³/mol. The Hall–Kier alpha value is -4.08. The molecule has 0 spiro atoms. The molecule has 0 aliphatic carbocycles. The Kier molecular flexibility index (Phi) is 6.95. The molecule has 1 N–H and O–H groups in total. The van der Waals surface area contributed by atoms with Crippen molar-refractivity contribution in [3.63, 3.8) is 0 Å². The lowest BCUT2D eigenvalue weighted by Crippen LogP contribution is -2.49. The van der Waals surface area contributed by atoms with E-state index in [-0.39, 0.29) is 5.91 Å². The molecule has 3 heterocycles. The van der Waals surface area contributed by atoms with Crippen molar-refractivity contribution in [1.82, 2.24) is 20.1 Å². The first-order valence-electron chi connectivity index (χ1n) is 10.9. The van der Waals surface area contributed by atoms with Crippen LogP contribution in [0.1, 0.15) is 16.1 Å². The Morgan fingerprint density at radius 1 is 0.882 bits per heavy atom. The second-order valence-corrected chi connectivity index (χ2v) is 7.76. The Morgan fingerprint density at radius 2 is 1.59 bits per heavy atom. The van der Waals surface area contributed by atoms with E-state index in [2.05, 4.69) is 25.4 Å². The van der Waals surface area contributed by atoms with Gasteiger partial charge >= 0.3 is 0 Å². The highest BCUT2D eigenvalue weighted by atomic mass is 16.5. The number of aromatic nitrogens is 3. The van der Waals surface area contributed by atoms with Crippen LogP contribution in [0.4, 0.5) is 17.5 Å². The van der Waals surface area contributed by atoms with Crippen molar-refractivity contribution in [3.8, 4) is 17.2 Å². The number of ether oxygens (including phenoxy) is 3. The van der Waals surface area contributed by atoms with Crippen molar-refractivity contribution in [2.75, 3.05) is 57.7 Å². The third-order valence-electron chi connectivity index (χ3n) is 5.60. The van der Waals surface area contributed by atoms with Crippen LogP contribution in [0.5, 0.6) is 17.2 Å². The summed E-state index contributed by atoms with van der Waals surface area (Å²) in [6.45, 7) is 4.36. The summed E-state index contributed by atoms with van der Waals surface area (Å²) in [5, 5.41) is 11.8. The minimum atomic E-state index is -0.0878. The number of carbonyl (C=O) groups is 1. The van der Waals surface area contributed by atoms with Crippen LogP contribution < -0.4 is 24.4 Å². The van der Waals surface area contributed by atoms with Gasteiger partial charge in [-0.3, -0.25) is 4.79 Å². The Bertz CT molecular complexity index is 1120. The smallest absolute Gasteiger partial charge is 0.254 e. The molecule has 2 aromatic heterocycles. The van der Waals surface area contributed by atoms with Gasteiger partial charge in [-0.15, -0.1) is 10.2 Å². The minimum absolute atomic E-state index is 0.0878. The molecule has 0 bridgehead atoms. The summed E-state index contributed by atoms with van der Waals surface area (Å²) in [7, 11) is 4.60. The number of nitrogens with zero attached hydrogens (tertiary/aromatic N) is 5. The number of aryl methyl sites for hydroxylation is 1. The number of carbonyl (C=O) groups excluding carboxylic acids is 1. The minimum Gasteiger partial charge on any atom is -0.493 e. The molecule has 0 radical (unpaired) electrons. The molecule has 4 rings (SSSR count). The monoisotopic (exact) mass is 464 g/mol. The van der Waals surface area contributed by atoms with Gasteiger partial charge in [0, 0.05) is 37.4 Å². The zero-order chi connectivity index (χ0) is 24.1. The molecule has 0 atom stereocenters. The molecular weight excluding hydrogens is 436 g/mol. The molecule has 1 amide bonds. The maximum atomic E-state index is 13.1. The van der Waals surface area contributed by atoms with E-state index in [1.54, 1.807) is 12.1 Å². The normalized spacial score (nSPS) is 13.4. The standard InChI is InChI=1S/C24H28N6O4/c1-16-6-5-7-20(25-16)26-21-8-9-22(28-27-21)29-10-12-30(13-11-29)24(31)17-14-18(32-2)23(34-4)19(15-17)33-3/h5-9,14-15H,10-13H2,1-4H3,(H,25,26,27). The SMILES string of the molecule is COc1cc(C(=O)N2CCN(c3ccc(Nc4cccc(C)n4)nn3)CC2)cc(OC)c1OC. The van der Waals surface area contributed by atoms with Crippen LogP contribution in [0, 0.1) is 6.92 Å². The third-order valence-corrected chi connectivity index (χ3v) is 5.60. The number of nitrogens with one attached hydrogen (secondary N) is 1. The van der Waals surface area contributed by atoms with Gasteiger partial charge in [0.05, 0.1) is 21.3 Å². The van der Waals surface area contributed by atoms with Crippen LogP contribution >= 0.6 is 0 Å². The summed E-state index contributed by atoms with van der Waals surface area (Å²) in [6.07, 6.45) is 0. The van der Waals surface area contributed by atoms with Crippen molar-refractivity contribution >= 4 is 23.4 Å². The van der Waals surface area contributed by atoms with Gasteiger partial charge in [0.25, 0.3) is 5.91 Å². The lowest BCUT2D eigenvalue weighted by Gasteiger charge is -2.35. The van der Waals surface area contributed by atoms with Crippen LogP contribution in [0.3, 0.4) is 0 Å². The summed E-state index contributed by atoms with van der Waals surface area (Å²) < 4.78 is 16.1. The first-order valence-corrected chi connectivity index (χ1v) is 10.9. The maximum absolute atomic E-state index is 13.1. The fourth-order valence-corrected chi connectivity index (χ4v) is 3.83. The van der Waals surface area contributed by atoms with Gasteiger partial charge in [0.15, 0.2) is 23.1 Å². The average molecular weight is 465 g/mol. The predicted octanol–water partition coefficient (Wildman–Crippen LogP) is 2.91. The van der Waals surface area contributed by atoms with Crippen LogP contribution in [-0.2, 0) is 0 Å². The maximum Gasteiger partial charge on any atom is 0.254 e. The number of hydrogen-bond acceptors (Lipinski definition) is 9. The van der Waals surface area contributed by atoms with Crippen LogP contribution in [0.15, 0.2) is 42.5 Å². The molecule has 3 aromatic rings. The molecule has 10 nitrogen and oxygen atoms in total. The first kappa shape index (κ1) is 23.1. The Labute approximate surface area is 198 Å². The highest BCUT2D eigenvalue weighted by molar-refractivity contribution is 5.95. The number of rotatable bonds is 7. The summed E-state index contributed by atoms with van der Waals surface area (Å²) in [5.41, 5.74) is 1.41. The first-order chi connectivity index (χ1) is 16.5. The number of methoxy groups -OCH3 is 3. The lowest BCUT2D eigenvalue weighted by atomic mass is 10.1. The van der Waals surface area contributed by atoms with E-state index in [4.69, 9.17) is 14.2 Å². The molecule has 1 aliphatic heterocycles. The summed E-state index contributed by atoms with van der Waals surface area (Å²) in [6, 6.07) is 12.9. The van der Waals surface area contributed by atoms with Gasteiger partial charge in [-0.1, -0.05) is 6.07 Å². The largest absolute Gasteiger partial charge is 0.493 e. The lowest BCUT2D eigenvalue weighted by molar-refractivity contribution is 0.0745. The van der Waals surface area contributed by atoms with Gasteiger partial charge in [-0.25, -0.2) is 4.98 Å². The second-order valence-electron chi connectivity index (χ2n) is 7.76. The van der Waals surface area contributed by atoms with Crippen molar-refractivity contribution in [1.29, 1.82) is 0 Å². The fraction of sp³-hybridized carbons (Fsp3) is 0.333.